The van der Waals surface area contributed by atoms with Gasteiger partial charge in [0.05, 0.1) is 19.9 Å². The van der Waals surface area contributed by atoms with Gasteiger partial charge in [0, 0.05) is 32.4 Å². The fourth-order valence-corrected chi connectivity index (χ4v) is 4.14. The molecule has 1 aliphatic rings. The van der Waals surface area contributed by atoms with Crippen molar-refractivity contribution in [2.24, 2.45) is 0 Å². The van der Waals surface area contributed by atoms with Gasteiger partial charge in [0.15, 0.2) is 18.2 Å². The summed E-state index contributed by atoms with van der Waals surface area (Å²) >= 11 is 6.30. The zero-order valence-corrected chi connectivity index (χ0v) is 21.5. The second-order valence-corrected chi connectivity index (χ2v) is 8.84. The first-order chi connectivity index (χ1) is 18.0. The van der Waals surface area contributed by atoms with Crippen LogP contribution >= 0.6 is 11.6 Å². The molecule has 0 aliphatic carbocycles. The maximum atomic E-state index is 14.6. The van der Waals surface area contributed by atoms with E-state index in [4.69, 9.17) is 21.1 Å². The van der Waals surface area contributed by atoms with Crippen molar-refractivity contribution in [2.75, 3.05) is 57.7 Å². The number of nitrogens with one attached hydrogen (secondary N) is 2. The Kier molecular flexibility index (Phi) is 9.10. The summed E-state index contributed by atoms with van der Waals surface area (Å²) < 4.78 is 29.8. The predicted molar refractivity (Wildman–Crippen MR) is 140 cm³/mol. The summed E-state index contributed by atoms with van der Waals surface area (Å²) in [7, 11) is 2.96. The van der Waals surface area contributed by atoms with Gasteiger partial charge in [-0.25, -0.2) is 14.2 Å². The molecule has 0 fully saturated rings. The van der Waals surface area contributed by atoms with E-state index in [1.54, 1.807) is 7.11 Å². The molecule has 0 atom stereocenters. The van der Waals surface area contributed by atoms with Crippen molar-refractivity contribution in [3.8, 4) is 5.75 Å². The Labute approximate surface area is 219 Å². The van der Waals surface area contributed by atoms with Crippen LogP contribution in [0.15, 0.2) is 42.6 Å². The fraction of sp³-hybridized carbons (Fsp3) is 0.346. The van der Waals surface area contributed by atoms with Crippen LogP contribution in [0.1, 0.15) is 11.1 Å². The van der Waals surface area contributed by atoms with E-state index in [2.05, 4.69) is 42.4 Å². The molecule has 2 heterocycles. The summed E-state index contributed by atoms with van der Waals surface area (Å²) in [5.74, 6) is -0.617. The molecule has 2 N–H and O–H groups in total. The van der Waals surface area contributed by atoms with Gasteiger partial charge < -0.3 is 29.7 Å². The minimum atomic E-state index is -0.600. The van der Waals surface area contributed by atoms with Crippen LogP contribution in [0.5, 0.6) is 5.75 Å². The van der Waals surface area contributed by atoms with E-state index in [-0.39, 0.29) is 34.8 Å². The van der Waals surface area contributed by atoms with E-state index < -0.39 is 11.8 Å². The Balaban J connectivity index is 1.49. The molecule has 196 valence electrons. The molecule has 9 nitrogen and oxygen atoms in total. The summed E-state index contributed by atoms with van der Waals surface area (Å²) in [6.45, 7) is 3.23. The molecular formula is C26H29ClFN5O4. The highest BCUT2D eigenvalue weighted by atomic mass is 35.5. The number of nitrogens with zero attached hydrogens (tertiary/aromatic N) is 3. The second kappa shape index (κ2) is 12.7. The SMILES string of the molecule is COCCN1CCc2ccc(Nc3ncc(Cl)c(Nc4c(F)cccc4OCC(=O)OC)n3)cc2CC1. The Morgan fingerprint density at radius 2 is 1.95 bits per heavy atom. The van der Waals surface area contributed by atoms with Crippen molar-refractivity contribution in [1.82, 2.24) is 14.9 Å². The van der Waals surface area contributed by atoms with E-state index >= 15 is 0 Å². The van der Waals surface area contributed by atoms with Gasteiger partial charge >= 0.3 is 5.97 Å². The minimum Gasteiger partial charge on any atom is -0.480 e. The molecule has 3 aromatic rings. The van der Waals surface area contributed by atoms with Crippen LogP contribution in [0.25, 0.3) is 0 Å². The number of anilines is 4. The standard InChI is InChI=1S/C26H29ClFN5O4/c1-35-13-12-33-10-8-17-6-7-19(14-18(17)9-11-33)30-26-29-15-20(27)25(32-26)31-24-21(28)4-3-5-22(24)37-16-23(34)36-2/h3-7,14-15H,8-13,16H2,1-2H3,(H2,29,30,31,32). The van der Waals surface area contributed by atoms with Crippen LogP contribution in [-0.4, -0.2) is 67.9 Å². The third-order valence-electron chi connectivity index (χ3n) is 6.00. The normalized spacial score (nSPS) is 13.4. The second-order valence-electron chi connectivity index (χ2n) is 8.44. The first-order valence-corrected chi connectivity index (χ1v) is 12.2. The lowest BCUT2D eigenvalue weighted by atomic mass is 10.0. The first-order valence-electron chi connectivity index (χ1n) is 11.8. The maximum Gasteiger partial charge on any atom is 0.343 e. The van der Waals surface area contributed by atoms with Crippen molar-refractivity contribution in [3.63, 3.8) is 0 Å². The molecular weight excluding hydrogens is 501 g/mol. The summed E-state index contributed by atoms with van der Waals surface area (Å²) in [6.07, 6.45) is 3.34. The number of methoxy groups -OCH3 is 2. The largest absolute Gasteiger partial charge is 0.480 e. The van der Waals surface area contributed by atoms with E-state index in [0.29, 0.717) is 0 Å². The number of rotatable bonds is 10. The monoisotopic (exact) mass is 529 g/mol. The van der Waals surface area contributed by atoms with Crippen LogP contribution < -0.4 is 15.4 Å². The minimum absolute atomic E-state index is 0.0130. The van der Waals surface area contributed by atoms with Gasteiger partial charge in [0.2, 0.25) is 5.95 Å². The van der Waals surface area contributed by atoms with Gasteiger partial charge in [-0.2, -0.15) is 4.98 Å². The van der Waals surface area contributed by atoms with Crippen LogP contribution in [0.3, 0.4) is 0 Å². The average molecular weight is 530 g/mol. The lowest BCUT2D eigenvalue weighted by molar-refractivity contribution is -0.142. The van der Waals surface area contributed by atoms with Crippen LogP contribution in [0.4, 0.5) is 27.5 Å². The Morgan fingerprint density at radius 1 is 1.14 bits per heavy atom. The molecule has 2 aromatic carbocycles. The third kappa shape index (κ3) is 7.06. The van der Waals surface area contributed by atoms with Crippen LogP contribution in [-0.2, 0) is 27.1 Å². The molecule has 1 aromatic heterocycles. The van der Waals surface area contributed by atoms with E-state index in [1.165, 1.54) is 42.6 Å². The molecule has 1 aliphatic heterocycles. The highest BCUT2D eigenvalue weighted by molar-refractivity contribution is 6.33. The number of fused-ring (bicyclic) bond motifs is 1. The van der Waals surface area contributed by atoms with E-state index in [9.17, 15) is 9.18 Å². The summed E-state index contributed by atoms with van der Waals surface area (Å²) in [5, 5.41) is 6.26. The zero-order chi connectivity index (χ0) is 26.2. The van der Waals surface area contributed by atoms with Crippen LogP contribution in [0, 0.1) is 5.82 Å². The third-order valence-corrected chi connectivity index (χ3v) is 6.28. The quantitative estimate of drug-likeness (QED) is 0.371. The highest BCUT2D eigenvalue weighted by Crippen LogP contribution is 2.33. The number of esters is 1. The maximum absolute atomic E-state index is 14.6. The van der Waals surface area contributed by atoms with E-state index in [0.717, 1.165) is 44.8 Å². The van der Waals surface area contributed by atoms with Gasteiger partial charge in [-0.3, -0.25) is 0 Å². The molecule has 0 spiro atoms. The number of halogens is 2. The van der Waals surface area contributed by atoms with Gasteiger partial charge in [-0.15, -0.1) is 0 Å². The van der Waals surface area contributed by atoms with Crippen LogP contribution in [0.2, 0.25) is 5.02 Å². The fourth-order valence-electron chi connectivity index (χ4n) is 4.00. The molecule has 11 heteroatoms. The molecule has 0 bridgehead atoms. The van der Waals surface area contributed by atoms with Gasteiger partial charge in [0.1, 0.15) is 16.5 Å². The Morgan fingerprint density at radius 3 is 2.73 bits per heavy atom. The topological polar surface area (TPSA) is 97.8 Å². The number of ether oxygens (including phenoxy) is 3. The molecule has 0 unspecified atom stereocenters. The Hall–Kier alpha value is -3.47. The van der Waals surface area contributed by atoms with Gasteiger partial charge in [-0.1, -0.05) is 23.7 Å². The van der Waals surface area contributed by atoms with Gasteiger partial charge in [-0.05, 0) is 48.2 Å². The van der Waals surface area contributed by atoms with Gasteiger partial charge in [0.25, 0.3) is 0 Å². The molecule has 4 rings (SSSR count). The summed E-state index contributed by atoms with van der Waals surface area (Å²) in [4.78, 5) is 22.6. The lowest BCUT2D eigenvalue weighted by Crippen LogP contribution is -2.29. The smallest absolute Gasteiger partial charge is 0.343 e. The summed E-state index contributed by atoms with van der Waals surface area (Å²) in [6, 6.07) is 10.5. The number of aromatic nitrogens is 2. The number of carbonyl (C=O) groups is 1. The van der Waals surface area contributed by atoms with Crippen molar-refractivity contribution < 1.29 is 23.4 Å². The average Bonchev–Trinajstić information content (AvgIpc) is 3.11. The highest BCUT2D eigenvalue weighted by Gasteiger charge is 2.17. The molecule has 37 heavy (non-hydrogen) atoms. The lowest BCUT2D eigenvalue weighted by Gasteiger charge is -2.18. The first kappa shape index (κ1) is 26.6. The predicted octanol–water partition coefficient (Wildman–Crippen LogP) is 4.36. The zero-order valence-electron chi connectivity index (χ0n) is 20.7. The number of hydrogen-bond donors (Lipinski definition) is 2. The number of carbonyl (C=O) groups excluding carboxylic acids is 1. The van der Waals surface area contributed by atoms with Crippen molar-refractivity contribution in [2.45, 2.75) is 12.8 Å². The number of para-hydroxylation sites is 1. The molecule has 0 amide bonds. The molecule has 0 saturated carbocycles. The Bertz CT molecular complexity index is 1250. The number of hydrogen-bond acceptors (Lipinski definition) is 9. The van der Waals surface area contributed by atoms with E-state index in [1.807, 2.05) is 6.07 Å². The number of benzene rings is 2. The summed E-state index contributed by atoms with van der Waals surface area (Å²) in [5.41, 5.74) is 3.42. The molecule has 0 saturated heterocycles. The van der Waals surface area contributed by atoms with Crippen molar-refractivity contribution in [3.05, 3.63) is 64.6 Å². The molecule has 0 radical (unpaired) electrons. The van der Waals surface area contributed by atoms with Crippen molar-refractivity contribution >= 4 is 40.7 Å². The van der Waals surface area contributed by atoms with Crippen molar-refractivity contribution in [1.29, 1.82) is 0 Å².